The van der Waals surface area contributed by atoms with Crippen molar-refractivity contribution in [1.82, 2.24) is 9.71 Å². The lowest BCUT2D eigenvalue weighted by atomic mass is 10.1. The molecule has 0 fully saturated rings. The molecular formula is C30H29FN4O3S. The molecule has 1 aromatic heterocycles. The standard InChI is InChI=1S/C30H29FN4O3S/c1-2-20-7-14-25(15-8-20)39(37,38)35-27-16-10-22-9-13-24(19-26(22)27)33-30-28(4-3-17-32-30)34-29(36)18-21-5-11-23(31)12-6-21/h3-9,11-15,17,19,27,35H,2,10,16,18H2,1H3,(H,32,33)(H,34,36). The number of halogens is 1. The molecule has 5 rings (SSSR count). The third kappa shape index (κ3) is 6.32. The van der Waals surface area contributed by atoms with Crippen molar-refractivity contribution in [3.63, 3.8) is 0 Å². The highest BCUT2D eigenvalue weighted by atomic mass is 32.2. The molecule has 3 aromatic carbocycles. The molecule has 1 amide bonds. The van der Waals surface area contributed by atoms with Gasteiger partial charge in [-0.1, -0.05) is 37.3 Å². The molecule has 39 heavy (non-hydrogen) atoms. The molecule has 1 unspecified atom stereocenters. The quantitative estimate of drug-likeness (QED) is 0.252. The van der Waals surface area contributed by atoms with Crippen LogP contribution in [0.15, 0.2) is 90.0 Å². The minimum atomic E-state index is -3.68. The number of amides is 1. The number of fused-ring (bicyclic) bond motifs is 1. The summed E-state index contributed by atoms with van der Waals surface area (Å²) in [5.74, 6) is -0.156. The van der Waals surface area contributed by atoms with Gasteiger partial charge < -0.3 is 10.6 Å². The largest absolute Gasteiger partial charge is 0.338 e. The minimum Gasteiger partial charge on any atom is -0.338 e. The van der Waals surface area contributed by atoms with E-state index >= 15 is 0 Å². The molecule has 1 atom stereocenters. The first kappa shape index (κ1) is 26.5. The SMILES string of the molecule is CCc1ccc(S(=O)(=O)NC2CCc3ccc(Nc4ncccc4NC(=O)Cc4ccc(F)cc4)cc32)cc1. The number of aryl methyl sites for hydroxylation is 2. The van der Waals surface area contributed by atoms with E-state index in [-0.39, 0.29) is 29.1 Å². The fourth-order valence-corrected chi connectivity index (χ4v) is 5.94. The highest BCUT2D eigenvalue weighted by Crippen LogP contribution is 2.35. The number of benzene rings is 3. The van der Waals surface area contributed by atoms with E-state index in [9.17, 15) is 17.6 Å². The number of hydrogen-bond donors (Lipinski definition) is 3. The number of aromatic nitrogens is 1. The Balaban J connectivity index is 1.30. The van der Waals surface area contributed by atoms with Crippen LogP contribution in [-0.2, 0) is 34.1 Å². The lowest BCUT2D eigenvalue weighted by Gasteiger charge is -2.17. The molecule has 0 aliphatic heterocycles. The average molecular weight is 545 g/mol. The topological polar surface area (TPSA) is 100 Å². The van der Waals surface area contributed by atoms with Crippen molar-refractivity contribution in [3.8, 4) is 0 Å². The van der Waals surface area contributed by atoms with E-state index in [1.807, 2.05) is 37.3 Å². The number of pyridine rings is 1. The van der Waals surface area contributed by atoms with Crippen molar-refractivity contribution < 1.29 is 17.6 Å². The lowest BCUT2D eigenvalue weighted by molar-refractivity contribution is -0.115. The van der Waals surface area contributed by atoms with Crippen LogP contribution in [0.4, 0.5) is 21.6 Å². The van der Waals surface area contributed by atoms with Gasteiger partial charge in [0.15, 0.2) is 5.82 Å². The molecule has 7 nitrogen and oxygen atoms in total. The van der Waals surface area contributed by atoms with Gasteiger partial charge in [0.2, 0.25) is 15.9 Å². The average Bonchev–Trinajstić information content (AvgIpc) is 3.32. The van der Waals surface area contributed by atoms with Crippen LogP contribution in [-0.4, -0.2) is 19.3 Å². The summed E-state index contributed by atoms with van der Waals surface area (Å²) in [5, 5.41) is 6.12. The zero-order chi connectivity index (χ0) is 27.4. The Morgan fingerprint density at radius 2 is 1.74 bits per heavy atom. The molecule has 200 valence electrons. The molecule has 9 heteroatoms. The number of nitrogens with one attached hydrogen (secondary N) is 3. The fraction of sp³-hybridized carbons (Fsp3) is 0.200. The summed E-state index contributed by atoms with van der Waals surface area (Å²) in [4.78, 5) is 17.3. The Labute approximate surface area is 227 Å². The molecule has 0 saturated carbocycles. The van der Waals surface area contributed by atoms with Gasteiger partial charge >= 0.3 is 0 Å². The fourth-order valence-electron chi connectivity index (χ4n) is 4.69. The van der Waals surface area contributed by atoms with Crippen LogP contribution < -0.4 is 15.4 Å². The first-order valence-corrected chi connectivity index (χ1v) is 14.3. The van der Waals surface area contributed by atoms with Crippen molar-refractivity contribution in [2.45, 2.75) is 43.5 Å². The molecular weight excluding hydrogens is 515 g/mol. The van der Waals surface area contributed by atoms with Crippen LogP contribution in [0.2, 0.25) is 0 Å². The molecule has 4 aromatic rings. The highest BCUT2D eigenvalue weighted by Gasteiger charge is 2.28. The summed E-state index contributed by atoms with van der Waals surface area (Å²) in [7, 11) is -3.68. The normalized spacial score (nSPS) is 14.6. The molecule has 0 radical (unpaired) electrons. The van der Waals surface area contributed by atoms with Gasteiger partial charge in [-0.05, 0) is 90.0 Å². The maximum Gasteiger partial charge on any atom is 0.241 e. The number of carbonyl (C=O) groups excluding carboxylic acids is 1. The maximum atomic E-state index is 13.2. The predicted molar refractivity (Wildman–Crippen MR) is 150 cm³/mol. The third-order valence-electron chi connectivity index (χ3n) is 6.79. The zero-order valence-corrected chi connectivity index (χ0v) is 22.3. The highest BCUT2D eigenvalue weighted by molar-refractivity contribution is 7.89. The number of rotatable bonds is 9. The summed E-state index contributed by atoms with van der Waals surface area (Å²) in [6.07, 6.45) is 3.99. The van der Waals surface area contributed by atoms with Gasteiger partial charge in [-0.15, -0.1) is 0 Å². The van der Waals surface area contributed by atoms with Gasteiger partial charge in [-0.2, -0.15) is 0 Å². The Hall–Kier alpha value is -4.08. The van der Waals surface area contributed by atoms with Gasteiger partial charge in [-0.25, -0.2) is 22.5 Å². The van der Waals surface area contributed by atoms with E-state index in [2.05, 4.69) is 20.3 Å². The zero-order valence-electron chi connectivity index (χ0n) is 21.4. The molecule has 3 N–H and O–H groups in total. The van der Waals surface area contributed by atoms with Crippen LogP contribution >= 0.6 is 0 Å². The molecule has 0 saturated heterocycles. The summed E-state index contributed by atoms with van der Waals surface area (Å²) in [6, 6.07) is 21.7. The first-order chi connectivity index (χ1) is 18.8. The molecule has 1 aliphatic rings. The van der Waals surface area contributed by atoms with Gasteiger partial charge in [0.25, 0.3) is 0 Å². The first-order valence-electron chi connectivity index (χ1n) is 12.8. The Kier molecular flexibility index (Phi) is 7.72. The van der Waals surface area contributed by atoms with Crippen molar-refractivity contribution in [2.75, 3.05) is 10.6 Å². The van der Waals surface area contributed by atoms with E-state index in [1.54, 1.807) is 42.6 Å². The monoisotopic (exact) mass is 544 g/mol. The third-order valence-corrected chi connectivity index (χ3v) is 8.27. The Morgan fingerprint density at radius 3 is 2.49 bits per heavy atom. The van der Waals surface area contributed by atoms with Crippen molar-refractivity contribution >= 4 is 33.1 Å². The van der Waals surface area contributed by atoms with E-state index in [4.69, 9.17) is 0 Å². The lowest BCUT2D eigenvalue weighted by Crippen LogP contribution is -2.27. The van der Waals surface area contributed by atoms with Gasteiger partial charge in [0.05, 0.1) is 17.0 Å². The van der Waals surface area contributed by atoms with Gasteiger partial charge in [0, 0.05) is 17.9 Å². The van der Waals surface area contributed by atoms with Gasteiger partial charge in [-0.3, -0.25) is 4.79 Å². The molecule has 0 bridgehead atoms. The predicted octanol–water partition coefficient (Wildman–Crippen LogP) is 5.67. The summed E-state index contributed by atoms with van der Waals surface area (Å²) < 4.78 is 42.2. The number of anilines is 3. The van der Waals surface area contributed by atoms with Gasteiger partial charge in [0.1, 0.15) is 5.82 Å². The van der Waals surface area contributed by atoms with Crippen molar-refractivity contribution in [1.29, 1.82) is 0 Å². The molecule has 1 aliphatic carbocycles. The number of nitrogens with zero attached hydrogens (tertiary/aromatic N) is 1. The summed E-state index contributed by atoms with van der Waals surface area (Å²) >= 11 is 0. The second-order valence-electron chi connectivity index (χ2n) is 9.50. The number of hydrogen-bond acceptors (Lipinski definition) is 5. The van der Waals surface area contributed by atoms with E-state index in [0.717, 1.165) is 35.2 Å². The van der Waals surface area contributed by atoms with Crippen LogP contribution in [0.25, 0.3) is 0 Å². The van der Waals surface area contributed by atoms with Crippen molar-refractivity contribution in [2.24, 2.45) is 0 Å². The second-order valence-corrected chi connectivity index (χ2v) is 11.2. The van der Waals surface area contributed by atoms with Crippen LogP contribution in [0, 0.1) is 5.82 Å². The van der Waals surface area contributed by atoms with E-state index < -0.39 is 10.0 Å². The smallest absolute Gasteiger partial charge is 0.241 e. The van der Waals surface area contributed by atoms with Crippen molar-refractivity contribution in [3.05, 3.63) is 113 Å². The minimum absolute atomic E-state index is 0.0937. The number of carbonyl (C=O) groups is 1. The van der Waals surface area contributed by atoms with Crippen LogP contribution in [0.1, 0.15) is 41.6 Å². The Morgan fingerprint density at radius 1 is 1.00 bits per heavy atom. The van der Waals surface area contributed by atoms with Crippen LogP contribution in [0.5, 0.6) is 0 Å². The number of sulfonamides is 1. The molecule has 0 spiro atoms. The summed E-state index contributed by atoms with van der Waals surface area (Å²) in [5.41, 5.74) is 4.99. The van der Waals surface area contributed by atoms with Crippen LogP contribution in [0.3, 0.4) is 0 Å². The second kappa shape index (κ2) is 11.3. The van der Waals surface area contributed by atoms with E-state index in [0.29, 0.717) is 23.5 Å². The Bertz CT molecular complexity index is 1590. The van der Waals surface area contributed by atoms with E-state index in [1.165, 1.54) is 12.1 Å². The molecule has 1 heterocycles. The summed E-state index contributed by atoms with van der Waals surface area (Å²) in [6.45, 7) is 2.03. The maximum absolute atomic E-state index is 13.2.